The molecule has 0 bridgehead atoms. The summed E-state index contributed by atoms with van der Waals surface area (Å²) in [5.74, 6) is -6.27. The molecule has 2 amide bonds. The quantitative estimate of drug-likeness (QED) is 0.603. The largest absolute Gasteiger partial charge is 0.481 e. The van der Waals surface area contributed by atoms with E-state index in [4.69, 9.17) is 9.84 Å². The van der Waals surface area contributed by atoms with Gasteiger partial charge in [-0.2, -0.15) is 13.2 Å². The van der Waals surface area contributed by atoms with Gasteiger partial charge in [-0.25, -0.2) is 4.79 Å². The van der Waals surface area contributed by atoms with E-state index in [1.54, 1.807) is 0 Å². The predicted molar refractivity (Wildman–Crippen MR) is 119 cm³/mol. The first kappa shape index (κ1) is 24.3. The minimum absolute atomic E-state index is 0.0820. The van der Waals surface area contributed by atoms with Crippen LogP contribution >= 0.6 is 0 Å². The van der Waals surface area contributed by atoms with Gasteiger partial charge < -0.3 is 20.1 Å². The van der Waals surface area contributed by atoms with Crippen LogP contribution in [-0.4, -0.2) is 60.4 Å². The van der Waals surface area contributed by atoms with Crippen molar-refractivity contribution in [2.75, 3.05) is 26.2 Å². The van der Waals surface area contributed by atoms with Crippen LogP contribution in [0.15, 0.2) is 60.7 Å². The average molecular weight is 488 g/mol. The minimum Gasteiger partial charge on any atom is -0.481 e. The molecule has 0 aromatic heterocycles. The van der Waals surface area contributed by atoms with E-state index in [0.717, 1.165) is 33.2 Å². The highest BCUT2D eigenvalue weighted by atomic mass is 19.4. The Labute approximate surface area is 199 Å². The molecule has 2 N–H and O–H groups in total. The number of halogens is 3. The van der Waals surface area contributed by atoms with E-state index in [9.17, 15) is 27.6 Å². The minimum atomic E-state index is -4.71. The topological polar surface area (TPSA) is 95.9 Å². The molecule has 2 atom stereocenters. The monoisotopic (exact) mass is 488 g/mol. The SMILES string of the molecule is O=C(NC/C=C/C(=O)N1C[C@@H](C(F)(F)F)[C@H](C(=O)O)C1)OCC1c2ccccc2-c2ccccc21. The van der Waals surface area contributed by atoms with Crippen LogP contribution < -0.4 is 5.32 Å². The second kappa shape index (κ2) is 9.81. The summed E-state index contributed by atoms with van der Waals surface area (Å²) in [6, 6.07) is 15.8. The maximum atomic E-state index is 13.1. The number of hydrogen-bond acceptors (Lipinski definition) is 4. The molecule has 0 spiro atoms. The van der Waals surface area contributed by atoms with Gasteiger partial charge in [0.15, 0.2) is 0 Å². The van der Waals surface area contributed by atoms with Crippen LogP contribution in [0.2, 0.25) is 0 Å². The number of carboxylic acid groups (broad SMARTS) is 1. The van der Waals surface area contributed by atoms with Gasteiger partial charge in [0.1, 0.15) is 6.61 Å². The Kier molecular flexibility index (Phi) is 6.81. The number of carbonyl (C=O) groups is 3. The molecule has 35 heavy (non-hydrogen) atoms. The summed E-state index contributed by atoms with van der Waals surface area (Å²) in [5, 5.41) is 11.5. The first-order valence-corrected chi connectivity index (χ1v) is 11.0. The van der Waals surface area contributed by atoms with Crippen LogP contribution in [0.25, 0.3) is 11.1 Å². The predicted octanol–water partition coefficient (Wildman–Crippen LogP) is 3.80. The summed E-state index contributed by atoms with van der Waals surface area (Å²) in [6.07, 6.45) is -3.12. The Bertz CT molecular complexity index is 1120. The van der Waals surface area contributed by atoms with Crippen molar-refractivity contribution in [2.24, 2.45) is 11.8 Å². The Morgan fingerprint density at radius 1 is 1.03 bits per heavy atom. The van der Waals surface area contributed by atoms with E-state index in [-0.39, 0.29) is 19.1 Å². The summed E-state index contributed by atoms with van der Waals surface area (Å²) in [6.45, 7) is -1.21. The summed E-state index contributed by atoms with van der Waals surface area (Å²) < 4.78 is 44.6. The number of aliphatic carboxylic acids is 1. The Morgan fingerprint density at radius 2 is 1.63 bits per heavy atom. The number of rotatable bonds is 6. The van der Waals surface area contributed by atoms with Gasteiger partial charge in [0.05, 0.1) is 11.8 Å². The number of amides is 2. The number of nitrogens with one attached hydrogen (secondary N) is 1. The third-order valence-electron chi connectivity index (χ3n) is 6.34. The van der Waals surface area contributed by atoms with Crippen LogP contribution in [0.3, 0.4) is 0 Å². The highest BCUT2D eigenvalue weighted by Crippen LogP contribution is 2.44. The van der Waals surface area contributed by atoms with Crippen molar-refractivity contribution >= 4 is 18.0 Å². The Balaban J connectivity index is 1.27. The van der Waals surface area contributed by atoms with Gasteiger partial charge in [-0.15, -0.1) is 0 Å². The highest BCUT2D eigenvalue weighted by Gasteiger charge is 2.53. The fourth-order valence-corrected chi connectivity index (χ4v) is 4.62. The Hall–Kier alpha value is -3.82. The molecule has 4 rings (SSSR count). The normalized spacial score (nSPS) is 19.5. The van der Waals surface area contributed by atoms with Crippen molar-refractivity contribution in [3.8, 4) is 11.1 Å². The number of benzene rings is 2. The lowest BCUT2D eigenvalue weighted by atomic mass is 9.96. The fourth-order valence-electron chi connectivity index (χ4n) is 4.62. The van der Waals surface area contributed by atoms with E-state index >= 15 is 0 Å². The zero-order valence-corrected chi connectivity index (χ0v) is 18.5. The average Bonchev–Trinajstić information content (AvgIpc) is 3.41. The Morgan fingerprint density at radius 3 is 2.17 bits per heavy atom. The molecule has 2 aliphatic rings. The second-order valence-corrected chi connectivity index (χ2v) is 8.44. The van der Waals surface area contributed by atoms with Crippen molar-refractivity contribution in [2.45, 2.75) is 12.1 Å². The van der Waals surface area contributed by atoms with Crippen LogP contribution in [0.1, 0.15) is 17.0 Å². The summed E-state index contributed by atoms with van der Waals surface area (Å²) >= 11 is 0. The lowest BCUT2D eigenvalue weighted by Gasteiger charge is -2.17. The van der Waals surface area contributed by atoms with Crippen LogP contribution in [0.4, 0.5) is 18.0 Å². The summed E-state index contributed by atoms with van der Waals surface area (Å²) in [4.78, 5) is 36.3. The van der Waals surface area contributed by atoms with Gasteiger partial charge in [0, 0.05) is 31.6 Å². The van der Waals surface area contributed by atoms with Gasteiger partial charge in [-0.1, -0.05) is 54.6 Å². The van der Waals surface area contributed by atoms with E-state index in [1.165, 1.54) is 6.08 Å². The molecule has 184 valence electrons. The molecule has 0 saturated carbocycles. The number of alkyl halides is 3. The first-order chi connectivity index (χ1) is 16.7. The number of nitrogens with zero attached hydrogens (tertiary/aromatic N) is 1. The maximum absolute atomic E-state index is 13.1. The number of carboxylic acids is 1. The zero-order valence-electron chi connectivity index (χ0n) is 18.5. The van der Waals surface area contributed by atoms with Gasteiger partial charge in [0.25, 0.3) is 0 Å². The molecule has 10 heteroatoms. The molecule has 7 nitrogen and oxygen atoms in total. The number of carbonyl (C=O) groups excluding carboxylic acids is 2. The molecular formula is C25H23F3N2O5. The number of alkyl carbamates (subject to hydrolysis) is 1. The van der Waals surface area contributed by atoms with Gasteiger partial charge in [0.2, 0.25) is 5.91 Å². The number of likely N-dealkylation sites (tertiary alicyclic amines) is 1. The maximum Gasteiger partial charge on any atom is 0.407 e. The van der Waals surface area contributed by atoms with Crippen LogP contribution in [-0.2, 0) is 14.3 Å². The molecule has 2 aromatic rings. The fraction of sp³-hybridized carbons (Fsp3) is 0.320. The van der Waals surface area contributed by atoms with Crippen molar-refractivity contribution in [3.05, 3.63) is 71.8 Å². The van der Waals surface area contributed by atoms with E-state index in [1.807, 2.05) is 48.5 Å². The summed E-state index contributed by atoms with van der Waals surface area (Å²) in [5.41, 5.74) is 4.32. The highest BCUT2D eigenvalue weighted by molar-refractivity contribution is 5.88. The number of ether oxygens (including phenoxy) is 1. The van der Waals surface area contributed by atoms with E-state index < -0.39 is 49.1 Å². The smallest absolute Gasteiger partial charge is 0.407 e. The van der Waals surface area contributed by atoms with Gasteiger partial charge in [-0.3, -0.25) is 9.59 Å². The molecule has 0 unspecified atom stereocenters. The lowest BCUT2D eigenvalue weighted by Crippen LogP contribution is -2.34. The van der Waals surface area contributed by atoms with Gasteiger partial charge in [-0.05, 0) is 22.3 Å². The molecule has 1 heterocycles. The lowest BCUT2D eigenvalue weighted by molar-refractivity contribution is -0.188. The molecule has 1 fully saturated rings. The standard InChI is InChI=1S/C25H23F3N2O5/c26-25(27,28)21-13-30(12-19(21)23(32)33)22(31)10-5-11-29-24(34)35-14-20-17-8-3-1-6-15(17)16-7-2-4-9-18(16)20/h1-10,19-21H,11-14H2,(H,29,34)(H,32,33)/b10-5+/t19-,21-/m1/s1. The van der Waals surface area contributed by atoms with Crippen molar-refractivity contribution in [3.63, 3.8) is 0 Å². The third-order valence-corrected chi connectivity index (χ3v) is 6.34. The molecule has 1 aliphatic heterocycles. The molecular weight excluding hydrogens is 465 g/mol. The van der Waals surface area contributed by atoms with E-state index in [0.29, 0.717) is 0 Å². The van der Waals surface area contributed by atoms with Gasteiger partial charge >= 0.3 is 18.2 Å². The number of hydrogen-bond donors (Lipinski definition) is 2. The third kappa shape index (κ3) is 5.16. The molecule has 2 aromatic carbocycles. The second-order valence-electron chi connectivity index (χ2n) is 8.44. The van der Waals surface area contributed by atoms with Crippen molar-refractivity contribution in [1.29, 1.82) is 0 Å². The summed E-state index contributed by atoms with van der Waals surface area (Å²) in [7, 11) is 0. The first-order valence-electron chi connectivity index (χ1n) is 11.0. The molecule has 1 aliphatic carbocycles. The zero-order chi connectivity index (χ0) is 25.2. The van der Waals surface area contributed by atoms with Crippen molar-refractivity contribution in [1.82, 2.24) is 10.2 Å². The van der Waals surface area contributed by atoms with Crippen molar-refractivity contribution < 1.29 is 37.4 Å². The number of fused-ring (bicyclic) bond motifs is 3. The molecule has 1 saturated heterocycles. The van der Waals surface area contributed by atoms with Crippen LogP contribution in [0.5, 0.6) is 0 Å². The molecule has 0 radical (unpaired) electrons. The van der Waals surface area contributed by atoms with Crippen LogP contribution in [0, 0.1) is 11.8 Å². The van der Waals surface area contributed by atoms with E-state index in [2.05, 4.69) is 5.32 Å².